The molecule has 1 aliphatic heterocycles. The molecule has 0 aliphatic carbocycles. The Morgan fingerprint density at radius 1 is 1.00 bits per heavy atom. The summed E-state index contributed by atoms with van der Waals surface area (Å²) in [5.74, 6) is 1.57. The minimum Gasteiger partial charge on any atom is -0.493 e. The zero-order valence-electron chi connectivity index (χ0n) is 18.7. The molecule has 1 fully saturated rings. The van der Waals surface area contributed by atoms with Gasteiger partial charge in [-0.1, -0.05) is 17.7 Å². The summed E-state index contributed by atoms with van der Waals surface area (Å²) < 4.78 is 10.8. The van der Waals surface area contributed by atoms with E-state index in [0.29, 0.717) is 0 Å². The third kappa shape index (κ3) is 5.32. The lowest BCUT2D eigenvalue weighted by atomic mass is 10.1. The number of methoxy groups -OCH3 is 2. The number of amides is 1. The fraction of sp³-hybridized carbons (Fsp3) is 0.458. The van der Waals surface area contributed by atoms with Crippen LogP contribution in [-0.4, -0.2) is 62.1 Å². The Morgan fingerprint density at radius 3 is 2.20 bits per heavy atom. The molecule has 0 spiro atoms. The van der Waals surface area contributed by atoms with E-state index in [0.717, 1.165) is 49.9 Å². The van der Waals surface area contributed by atoms with Crippen LogP contribution in [0.15, 0.2) is 36.4 Å². The monoisotopic (exact) mass is 411 g/mol. The van der Waals surface area contributed by atoms with Gasteiger partial charge in [0.15, 0.2) is 11.5 Å². The van der Waals surface area contributed by atoms with Crippen LogP contribution in [0.2, 0.25) is 0 Å². The van der Waals surface area contributed by atoms with Gasteiger partial charge < -0.3 is 14.8 Å². The number of ether oxygens (including phenoxy) is 2. The third-order valence-electron chi connectivity index (χ3n) is 5.89. The molecule has 30 heavy (non-hydrogen) atoms. The largest absolute Gasteiger partial charge is 0.493 e. The van der Waals surface area contributed by atoms with Gasteiger partial charge in [0.05, 0.1) is 20.3 Å². The second kappa shape index (κ2) is 9.96. The fourth-order valence-corrected chi connectivity index (χ4v) is 3.79. The van der Waals surface area contributed by atoms with E-state index in [2.05, 4.69) is 28.1 Å². The minimum absolute atomic E-state index is 0.0445. The van der Waals surface area contributed by atoms with E-state index in [9.17, 15) is 4.79 Å². The van der Waals surface area contributed by atoms with Gasteiger partial charge in [-0.15, -0.1) is 0 Å². The average molecular weight is 412 g/mol. The van der Waals surface area contributed by atoms with Crippen molar-refractivity contribution in [1.29, 1.82) is 0 Å². The molecular formula is C24H33N3O3. The van der Waals surface area contributed by atoms with Gasteiger partial charge in [0.25, 0.3) is 0 Å². The van der Waals surface area contributed by atoms with Gasteiger partial charge in [-0.25, -0.2) is 0 Å². The number of hydrogen-bond acceptors (Lipinski definition) is 5. The maximum Gasteiger partial charge on any atom is 0.241 e. The van der Waals surface area contributed by atoms with Crippen molar-refractivity contribution in [3.63, 3.8) is 0 Å². The lowest BCUT2D eigenvalue weighted by Gasteiger charge is -2.37. The van der Waals surface area contributed by atoms with E-state index in [1.54, 1.807) is 14.2 Å². The molecule has 0 saturated carbocycles. The lowest BCUT2D eigenvalue weighted by molar-refractivity contribution is -0.121. The van der Waals surface area contributed by atoms with Crippen molar-refractivity contribution in [3.05, 3.63) is 53.1 Å². The molecule has 1 amide bonds. The molecule has 6 nitrogen and oxygen atoms in total. The van der Waals surface area contributed by atoms with E-state index in [1.807, 2.05) is 44.2 Å². The topological polar surface area (TPSA) is 54.0 Å². The highest BCUT2D eigenvalue weighted by molar-refractivity contribution is 5.94. The van der Waals surface area contributed by atoms with Crippen molar-refractivity contribution in [2.45, 2.75) is 33.4 Å². The quantitative estimate of drug-likeness (QED) is 0.756. The molecule has 2 aromatic rings. The molecule has 1 saturated heterocycles. The molecule has 1 aliphatic rings. The molecule has 0 unspecified atom stereocenters. The number of aryl methyl sites for hydroxylation is 2. The highest BCUT2D eigenvalue weighted by atomic mass is 16.5. The van der Waals surface area contributed by atoms with Crippen molar-refractivity contribution in [1.82, 2.24) is 9.80 Å². The highest BCUT2D eigenvalue weighted by Gasteiger charge is 2.26. The number of carbonyl (C=O) groups excluding carboxylic acids is 1. The summed E-state index contributed by atoms with van der Waals surface area (Å²) in [6.07, 6.45) is 0. The van der Waals surface area contributed by atoms with Crippen molar-refractivity contribution >= 4 is 11.6 Å². The van der Waals surface area contributed by atoms with Crippen molar-refractivity contribution in [2.24, 2.45) is 0 Å². The van der Waals surface area contributed by atoms with Crippen molar-refractivity contribution in [2.75, 3.05) is 45.7 Å². The standard InChI is InChI=1S/C24H33N3O3/c1-17-6-8-21(9-7-17)25-24(28)19(3)27-12-10-26(11-13-27)16-20-15-23(30-5)22(29-4)14-18(20)2/h6-9,14-15,19H,10-13,16H2,1-5H3,(H,25,28)/t19-/m1/s1. The highest BCUT2D eigenvalue weighted by Crippen LogP contribution is 2.31. The SMILES string of the molecule is COc1cc(C)c(CN2CCN([C@H](C)C(=O)Nc3ccc(C)cc3)CC2)cc1OC. The van der Waals surface area contributed by atoms with E-state index in [-0.39, 0.29) is 11.9 Å². The zero-order valence-corrected chi connectivity index (χ0v) is 18.7. The number of rotatable bonds is 7. The van der Waals surface area contributed by atoms with Crippen LogP contribution in [0, 0.1) is 13.8 Å². The average Bonchev–Trinajstić information content (AvgIpc) is 2.76. The molecule has 0 radical (unpaired) electrons. The van der Waals surface area contributed by atoms with Gasteiger partial charge in [0, 0.05) is 38.4 Å². The Morgan fingerprint density at radius 2 is 1.60 bits per heavy atom. The number of carbonyl (C=O) groups is 1. The molecular weight excluding hydrogens is 378 g/mol. The summed E-state index contributed by atoms with van der Waals surface area (Å²) in [6.45, 7) is 10.6. The molecule has 162 valence electrons. The summed E-state index contributed by atoms with van der Waals surface area (Å²) in [5, 5.41) is 3.03. The first-order valence-electron chi connectivity index (χ1n) is 10.5. The first-order valence-corrected chi connectivity index (χ1v) is 10.5. The first-order chi connectivity index (χ1) is 14.4. The van der Waals surface area contributed by atoms with Crippen LogP contribution >= 0.6 is 0 Å². The molecule has 0 bridgehead atoms. The Bertz CT molecular complexity index is 859. The van der Waals surface area contributed by atoms with Crippen LogP contribution in [0.5, 0.6) is 11.5 Å². The Balaban J connectivity index is 1.54. The fourth-order valence-electron chi connectivity index (χ4n) is 3.79. The smallest absolute Gasteiger partial charge is 0.241 e. The van der Waals surface area contributed by atoms with Crippen molar-refractivity contribution in [3.8, 4) is 11.5 Å². The summed E-state index contributed by atoms with van der Waals surface area (Å²) >= 11 is 0. The summed E-state index contributed by atoms with van der Waals surface area (Å²) in [4.78, 5) is 17.3. The number of benzene rings is 2. The molecule has 0 aromatic heterocycles. The number of anilines is 1. The van der Waals surface area contributed by atoms with Crippen LogP contribution in [-0.2, 0) is 11.3 Å². The second-order valence-electron chi connectivity index (χ2n) is 7.98. The minimum atomic E-state index is -0.156. The van der Waals surface area contributed by atoms with Crippen LogP contribution in [0.3, 0.4) is 0 Å². The van der Waals surface area contributed by atoms with Gasteiger partial charge in [-0.05, 0) is 56.2 Å². The normalized spacial score (nSPS) is 16.2. The molecule has 2 aromatic carbocycles. The van der Waals surface area contributed by atoms with Gasteiger partial charge in [0.2, 0.25) is 5.91 Å². The Kier molecular flexibility index (Phi) is 7.34. The van der Waals surface area contributed by atoms with Crippen LogP contribution in [0.1, 0.15) is 23.6 Å². The second-order valence-corrected chi connectivity index (χ2v) is 7.98. The van der Waals surface area contributed by atoms with Crippen LogP contribution in [0.4, 0.5) is 5.69 Å². The summed E-state index contributed by atoms with van der Waals surface area (Å²) in [6, 6.07) is 11.9. The van der Waals surface area contributed by atoms with Gasteiger partial charge >= 0.3 is 0 Å². The maximum atomic E-state index is 12.7. The van der Waals surface area contributed by atoms with Crippen LogP contribution in [0.25, 0.3) is 0 Å². The molecule has 1 heterocycles. The summed E-state index contributed by atoms with van der Waals surface area (Å²) in [5.41, 5.74) is 4.47. The predicted octanol–water partition coefficient (Wildman–Crippen LogP) is 3.47. The van der Waals surface area contributed by atoms with Crippen LogP contribution < -0.4 is 14.8 Å². The Labute approximate surface area is 179 Å². The third-order valence-corrected chi connectivity index (χ3v) is 5.89. The summed E-state index contributed by atoms with van der Waals surface area (Å²) in [7, 11) is 3.32. The van der Waals surface area contributed by atoms with Crippen molar-refractivity contribution < 1.29 is 14.3 Å². The first kappa shape index (κ1) is 22.1. The van der Waals surface area contributed by atoms with Gasteiger partial charge in [0.1, 0.15) is 0 Å². The lowest BCUT2D eigenvalue weighted by Crippen LogP contribution is -2.52. The number of nitrogens with zero attached hydrogens (tertiary/aromatic N) is 2. The predicted molar refractivity (Wildman–Crippen MR) is 120 cm³/mol. The molecule has 6 heteroatoms. The zero-order chi connectivity index (χ0) is 21.7. The number of piperazine rings is 1. The van der Waals surface area contributed by atoms with E-state index >= 15 is 0 Å². The number of nitrogens with one attached hydrogen (secondary N) is 1. The molecule has 1 N–H and O–H groups in total. The maximum absolute atomic E-state index is 12.7. The number of hydrogen-bond donors (Lipinski definition) is 1. The van der Waals surface area contributed by atoms with E-state index in [4.69, 9.17) is 9.47 Å². The van der Waals surface area contributed by atoms with Gasteiger partial charge in [-0.3, -0.25) is 14.6 Å². The van der Waals surface area contributed by atoms with E-state index < -0.39 is 0 Å². The molecule has 3 rings (SSSR count). The molecule has 1 atom stereocenters. The Hall–Kier alpha value is -2.57. The van der Waals surface area contributed by atoms with E-state index in [1.165, 1.54) is 16.7 Å². The van der Waals surface area contributed by atoms with Gasteiger partial charge in [-0.2, -0.15) is 0 Å².